The fourth-order valence-corrected chi connectivity index (χ4v) is 3.78. The second-order valence-electron chi connectivity index (χ2n) is 8.34. The number of rotatable bonds is 13. The maximum Gasteiger partial charge on any atom is 0.309 e. The number of pyridine rings is 1. The first-order chi connectivity index (χ1) is 17.1. The largest absolute Gasteiger partial charge is 0.492 e. The Morgan fingerprint density at radius 3 is 2.40 bits per heavy atom. The van der Waals surface area contributed by atoms with Gasteiger partial charge in [0.2, 0.25) is 0 Å². The Balaban J connectivity index is 1.43. The van der Waals surface area contributed by atoms with Crippen molar-refractivity contribution in [2.24, 2.45) is 5.92 Å². The SMILES string of the molecule is CCCCC(Cc1ccc(OCCNC(=O)c2ccc(-c3ccccn3)cc2)cc1)C(=O)OCC. The van der Waals surface area contributed by atoms with Crippen LogP contribution in [-0.4, -0.2) is 36.6 Å². The van der Waals surface area contributed by atoms with Crippen LogP contribution >= 0.6 is 0 Å². The highest BCUT2D eigenvalue weighted by molar-refractivity contribution is 5.94. The molecule has 0 aliphatic rings. The summed E-state index contributed by atoms with van der Waals surface area (Å²) in [7, 11) is 0. The van der Waals surface area contributed by atoms with E-state index in [4.69, 9.17) is 9.47 Å². The Kier molecular flexibility index (Phi) is 10.3. The van der Waals surface area contributed by atoms with Crippen LogP contribution in [-0.2, 0) is 16.0 Å². The third-order valence-corrected chi connectivity index (χ3v) is 5.70. The first-order valence-electron chi connectivity index (χ1n) is 12.3. The lowest BCUT2D eigenvalue weighted by atomic mass is 9.94. The summed E-state index contributed by atoms with van der Waals surface area (Å²) in [6, 6.07) is 20.9. The highest BCUT2D eigenvalue weighted by Gasteiger charge is 2.19. The molecule has 0 fully saturated rings. The minimum atomic E-state index is -0.145. The topological polar surface area (TPSA) is 77.5 Å². The van der Waals surface area contributed by atoms with Crippen LogP contribution in [0.15, 0.2) is 72.9 Å². The van der Waals surface area contributed by atoms with E-state index in [-0.39, 0.29) is 17.8 Å². The van der Waals surface area contributed by atoms with Gasteiger partial charge in [-0.15, -0.1) is 0 Å². The number of ether oxygens (including phenoxy) is 2. The molecule has 1 unspecified atom stereocenters. The Morgan fingerprint density at radius 1 is 0.971 bits per heavy atom. The van der Waals surface area contributed by atoms with Gasteiger partial charge >= 0.3 is 5.97 Å². The highest BCUT2D eigenvalue weighted by atomic mass is 16.5. The van der Waals surface area contributed by atoms with Crippen LogP contribution in [0.4, 0.5) is 0 Å². The molecular formula is C29H34N2O4. The van der Waals surface area contributed by atoms with Crippen molar-refractivity contribution in [1.82, 2.24) is 10.3 Å². The van der Waals surface area contributed by atoms with Crippen molar-refractivity contribution in [2.45, 2.75) is 39.5 Å². The molecule has 1 heterocycles. The number of aromatic nitrogens is 1. The third-order valence-electron chi connectivity index (χ3n) is 5.70. The van der Waals surface area contributed by atoms with Gasteiger partial charge in [-0.25, -0.2) is 0 Å². The molecule has 3 aromatic rings. The van der Waals surface area contributed by atoms with Crippen molar-refractivity contribution >= 4 is 11.9 Å². The Labute approximate surface area is 207 Å². The first-order valence-corrected chi connectivity index (χ1v) is 12.3. The van der Waals surface area contributed by atoms with E-state index in [2.05, 4.69) is 17.2 Å². The van der Waals surface area contributed by atoms with Gasteiger partial charge in [0.1, 0.15) is 12.4 Å². The zero-order valence-corrected chi connectivity index (χ0v) is 20.5. The lowest BCUT2D eigenvalue weighted by Gasteiger charge is -2.15. The minimum absolute atomic E-state index is 0.116. The molecule has 1 atom stereocenters. The van der Waals surface area contributed by atoms with Crippen LogP contribution < -0.4 is 10.1 Å². The number of esters is 1. The molecule has 0 radical (unpaired) electrons. The molecular weight excluding hydrogens is 440 g/mol. The molecule has 0 bridgehead atoms. The summed E-state index contributed by atoms with van der Waals surface area (Å²) >= 11 is 0. The minimum Gasteiger partial charge on any atom is -0.492 e. The maximum atomic E-state index is 12.4. The van der Waals surface area contributed by atoms with Crippen LogP contribution in [0.1, 0.15) is 49.0 Å². The van der Waals surface area contributed by atoms with Crippen molar-refractivity contribution in [3.05, 3.63) is 84.1 Å². The number of carbonyl (C=O) groups is 2. The quantitative estimate of drug-likeness (QED) is 0.263. The molecule has 1 aromatic heterocycles. The fraction of sp³-hybridized carbons (Fsp3) is 0.345. The van der Waals surface area contributed by atoms with Crippen molar-refractivity contribution in [2.75, 3.05) is 19.8 Å². The van der Waals surface area contributed by atoms with Crippen LogP contribution in [0.5, 0.6) is 5.75 Å². The summed E-state index contributed by atoms with van der Waals surface area (Å²) in [6.07, 6.45) is 5.30. The molecule has 0 saturated heterocycles. The van der Waals surface area contributed by atoms with Gasteiger partial charge in [0.25, 0.3) is 5.91 Å². The zero-order valence-electron chi connectivity index (χ0n) is 20.5. The third kappa shape index (κ3) is 8.25. The molecule has 2 aromatic carbocycles. The number of amides is 1. The van der Waals surface area contributed by atoms with Crippen molar-refractivity contribution < 1.29 is 19.1 Å². The van der Waals surface area contributed by atoms with Crippen molar-refractivity contribution in [3.63, 3.8) is 0 Å². The average molecular weight is 475 g/mol. The molecule has 1 amide bonds. The van der Waals surface area contributed by atoms with E-state index in [1.54, 1.807) is 18.3 Å². The Hall–Kier alpha value is -3.67. The predicted molar refractivity (Wildman–Crippen MR) is 137 cm³/mol. The molecule has 184 valence electrons. The summed E-state index contributed by atoms with van der Waals surface area (Å²) in [6.45, 7) is 5.11. The van der Waals surface area contributed by atoms with E-state index in [9.17, 15) is 9.59 Å². The molecule has 0 spiro atoms. The summed E-state index contributed by atoms with van der Waals surface area (Å²) in [4.78, 5) is 29.0. The van der Waals surface area contributed by atoms with Gasteiger partial charge in [-0.05, 0) is 61.7 Å². The van der Waals surface area contributed by atoms with E-state index in [1.807, 2.05) is 61.5 Å². The lowest BCUT2D eigenvalue weighted by Crippen LogP contribution is -2.28. The monoisotopic (exact) mass is 474 g/mol. The smallest absolute Gasteiger partial charge is 0.309 e. The molecule has 6 nitrogen and oxygen atoms in total. The molecule has 6 heteroatoms. The van der Waals surface area contributed by atoms with E-state index < -0.39 is 0 Å². The fourth-order valence-electron chi connectivity index (χ4n) is 3.78. The molecule has 0 saturated carbocycles. The summed E-state index contributed by atoms with van der Waals surface area (Å²) in [5.74, 6) is 0.343. The molecule has 1 N–H and O–H groups in total. The zero-order chi connectivity index (χ0) is 24.9. The average Bonchev–Trinajstić information content (AvgIpc) is 2.90. The predicted octanol–water partition coefficient (Wildman–Crippen LogP) is 5.47. The van der Waals surface area contributed by atoms with E-state index in [1.165, 1.54) is 0 Å². The second kappa shape index (κ2) is 13.9. The normalized spacial score (nSPS) is 11.5. The van der Waals surface area contributed by atoms with Crippen LogP contribution in [0.25, 0.3) is 11.3 Å². The Morgan fingerprint density at radius 2 is 1.74 bits per heavy atom. The van der Waals surface area contributed by atoms with Crippen molar-refractivity contribution in [1.29, 1.82) is 0 Å². The van der Waals surface area contributed by atoms with E-state index >= 15 is 0 Å². The van der Waals surface area contributed by atoms with Crippen molar-refractivity contribution in [3.8, 4) is 17.0 Å². The summed E-state index contributed by atoms with van der Waals surface area (Å²) in [5.41, 5.74) is 3.51. The van der Waals surface area contributed by atoms with Crippen LogP contribution in [0.3, 0.4) is 0 Å². The van der Waals surface area contributed by atoms with Gasteiger partial charge < -0.3 is 14.8 Å². The van der Waals surface area contributed by atoms with Crippen LogP contribution in [0.2, 0.25) is 0 Å². The number of carbonyl (C=O) groups excluding carboxylic acids is 2. The molecule has 3 rings (SSSR count). The Bertz CT molecular complexity index is 1050. The highest BCUT2D eigenvalue weighted by Crippen LogP contribution is 2.20. The molecule has 0 aliphatic carbocycles. The number of unbranched alkanes of at least 4 members (excludes halogenated alkanes) is 1. The first kappa shape index (κ1) is 25.9. The lowest BCUT2D eigenvalue weighted by molar-refractivity contribution is -0.148. The maximum absolute atomic E-state index is 12.4. The standard InChI is InChI=1S/C29H34N2O4/c1-3-5-8-25(29(33)34-4-2)21-22-10-16-26(17-11-22)35-20-19-31-28(32)24-14-12-23(13-15-24)27-9-6-7-18-30-27/h6-7,9-18,25H,3-5,8,19-21H2,1-2H3,(H,31,32). The van der Waals surface area contributed by atoms with E-state index in [0.29, 0.717) is 31.7 Å². The van der Waals surface area contributed by atoms with Gasteiger partial charge in [-0.2, -0.15) is 0 Å². The second-order valence-corrected chi connectivity index (χ2v) is 8.34. The van der Waals surface area contributed by atoms with Gasteiger partial charge in [0, 0.05) is 17.3 Å². The van der Waals surface area contributed by atoms with E-state index in [0.717, 1.165) is 41.8 Å². The molecule has 0 aliphatic heterocycles. The van der Waals surface area contributed by atoms with Gasteiger partial charge in [0.15, 0.2) is 0 Å². The summed E-state index contributed by atoms with van der Waals surface area (Å²) in [5, 5.41) is 2.88. The number of benzene rings is 2. The van der Waals surface area contributed by atoms with Gasteiger partial charge in [0.05, 0.1) is 24.8 Å². The molecule has 35 heavy (non-hydrogen) atoms. The summed E-state index contributed by atoms with van der Waals surface area (Å²) < 4.78 is 11.0. The number of nitrogens with zero attached hydrogens (tertiary/aromatic N) is 1. The number of nitrogens with one attached hydrogen (secondary N) is 1. The van der Waals surface area contributed by atoms with Gasteiger partial charge in [-0.3, -0.25) is 14.6 Å². The number of hydrogen-bond acceptors (Lipinski definition) is 5. The van der Waals surface area contributed by atoms with Crippen LogP contribution in [0, 0.1) is 5.92 Å². The van der Waals surface area contributed by atoms with Gasteiger partial charge in [-0.1, -0.05) is 50.1 Å². The number of hydrogen-bond donors (Lipinski definition) is 1.